The number of rotatable bonds is 6. The SMILES string of the molecule is NC(=O)c1ccc(C(=O)NCc2ccc(Cn3cccn3)cc2)cc1. The van der Waals surface area contributed by atoms with Gasteiger partial charge in [-0.3, -0.25) is 14.3 Å². The number of amides is 2. The molecule has 3 aromatic rings. The van der Waals surface area contributed by atoms with E-state index in [1.807, 2.05) is 41.2 Å². The van der Waals surface area contributed by atoms with Crippen LogP contribution in [0.2, 0.25) is 0 Å². The van der Waals surface area contributed by atoms with E-state index in [2.05, 4.69) is 10.4 Å². The summed E-state index contributed by atoms with van der Waals surface area (Å²) in [7, 11) is 0. The van der Waals surface area contributed by atoms with Crippen LogP contribution in [-0.4, -0.2) is 21.6 Å². The number of aromatic nitrogens is 2. The maximum atomic E-state index is 12.1. The molecule has 6 heteroatoms. The van der Waals surface area contributed by atoms with Crippen LogP contribution in [0.25, 0.3) is 0 Å². The van der Waals surface area contributed by atoms with Crippen molar-refractivity contribution < 1.29 is 9.59 Å². The van der Waals surface area contributed by atoms with E-state index in [-0.39, 0.29) is 5.91 Å². The van der Waals surface area contributed by atoms with Gasteiger partial charge in [-0.05, 0) is 41.5 Å². The average Bonchev–Trinajstić information content (AvgIpc) is 3.14. The van der Waals surface area contributed by atoms with Gasteiger partial charge in [-0.2, -0.15) is 5.10 Å². The maximum Gasteiger partial charge on any atom is 0.251 e. The van der Waals surface area contributed by atoms with E-state index in [0.29, 0.717) is 24.2 Å². The fourth-order valence-corrected chi connectivity index (χ4v) is 2.41. The van der Waals surface area contributed by atoms with Gasteiger partial charge in [-0.15, -0.1) is 0 Å². The Hall–Kier alpha value is -3.41. The smallest absolute Gasteiger partial charge is 0.251 e. The fraction of sp³-hybridized carbons (Fsp3) is 0.105. The minimum Gasteiger partial charge on any atom is -0.366 e. The van der Waals surface area contributed by atoms with Crippen molar-refractivity contribution in [1.82, 2.24) is 15.1 Å². The van der Waals surface area contributed by atoms with Crippen molar-refractivity contribution in [3.05, 3.63) is 89.2 Å². The highest BCUT2D eigenvalue weighted by Crippen LogP contribution is 2.08. The molecule has 0 aliphatic carbocycles. The molecule has 0 bridgehead atoms. The monoisotopic (exact) mass is 334 g/mol. The molecule has 1 heterocycles. The number of carbonyl (C=O) groups excluding carboxylic acids is 2. The molecule has 0 fully saturated rings. The highest BCUT2D eigenvalue weighted by Gasteiger charge is 2.07. The van der Waals surface area contributed by atoms with Crippen LogP contribution in [-0.2, 0) is 13.1 Å². The summed E-state index contributed by atoms with van der Waals surface area (Å²) in [5, 5.41) is 7.03. The molecule has 126 valence electrons. The van der Waals surface area contributed by atoms with Gasteiger partial charge in [0, 0.05) is 30.1 Å². The Morgan fingerprint density at radius 3 is 2.20 bits per heavy atom. The van der Waals surface area contributed by atoms with Crippen molar-refractivity contribution >= 4 is 11.8 Å². The maximum absolute atomic E-state index is 12.1. The van der Waals surface area contributed by atoms with Crippen LogP contribution in [0.3, 0.4) is 0 Å². The van der Waals surface area contributed by atoms with Crippen molar-refractivity contribution in [1.29, 1.82) is 0 Å². The molecule has 0 aliphatic rings. The van der Waals surface area contributed by atoms with Gasteiger partial charge in [0.25, 0.3) is 5.91 Å². The molecule has 0 saturated heterocycles. The largest absolute Gasteiger partial charge is 0.366 e. The number of nitrogens with one attached hydrogen (secondary N) is 1. The molecule has 25 heavy (non-hydrogen) atoms. The quantitative estimate of drug-likeness (QED) is 0.722. The summed E-state index contributed by atoms with van der Waals surface area (Å²) in [5.74, 6) is -0.709. The van der Waals surface area contributed by atoms with Crippen LogP contribution in [0.4, 0.5) is 0 Å². The Morgan fingerprint density at radius 2 is 1.60 bits per heavy atom. The lowest BCUT2D eigenvalue weighted by molar-refractivity contribution is 0.0948. The summed E-state index contributed by atoms with van der Waals surface area (Å²) >= 11 is 0. The lowest BCUT2D eigenvalue weighted by Crippen LogP contribution is -2.23. The summed E-state index contributed by atoms with van der Waals surface area (Å²) in [4.78, 5) is 23.2. The Labute approximate surface area is 145 Å². The minimum absolute atomic E-state index is 0.198. The van der Waals surface area contributed by atoms with Crippen LogP contribution in [0.5, 0.6) is 0 Å². The zero-order valence-electron chi connectivity index (χ0n) is 13.6. The molecule has 0 atom stereocenters. The van der Waals surface area contributed by atoms with Gasteiger partial charge in [-0.25, -0.2) is 0 Å². The highest BCUT2D eigenvalue weighted by atomic mass is 16.2. The predicted molar refractivity (Wildman–Crippen MR) is 93.9 cm³/mol. The molecule has 2 aromatic carbocycles. The standard InChI is InChI=1S/C19H18N4O2/c20-18(24)16-6-8-17(9-7-16)19(25)21-12-14-2-4-15(5-3-14)13-23-11-1-10-22-23/h1-11H,12-13H2,(H2,20,24)(H,21,25). The molecule has 0 saturated carbocycles. The van der Waals surface area contributed by atoms with Crippen molar-refractivity contribution in [2.45, 2.75) is 13.1 Å². The van der Waals surface area contributed by atoms with E-state index in [0.717, 1.165) is 11.1 Å². The topological polar surface area (TPSA) is 90.0 Å². The summed E-state index contributed by atoms with van der Waals surface area (Å²) in [6.07, 6.45) is 3.66. The Kier molecular flexibility index (Phi) is 4.89. The zero-order chi connectivity index (χ0) is 17.6. The molecule has 0 spiro atoms. The average molecular weight is 334 g/mol. The molecule has 2 amide bonds. The van der Waals surface area contributed by atoms with Gasteiger partial charge in [-0.1, -0.05) is 24.3 Å². The summed E-state index contributed by atoms with van der Waals surface area (Å²) < 4.78 is 1.85. The number of primary amides is 1. The van der Waals surface area contributed by atoms with Gasteiger partial charge >= 0.3 is 0 Å². The van der Waals surface area contributed by atoms with Crippen LogP contribution < -0.4 is 11.1 Å². The normalized spacial score (nSPS) is 10.4. The highest BCUT2D eigenvalue weighted by molar-refractivity contribution is 5.97. The van der Waals surface area contributed by atoms with Crippen molar-refractivity contribution in [3.63, 3.8) is 0 Å². The molecule has 1 aromatic heterocycles. The Bertz CT molecular complexity index is 853. The molecule has 6 nitrogen and oxygen atoms in total. The van der Waals surface area contributed by atoms with Gasteiger partial charge in [0.1, 0.15) is 0 Å². The van der Waals surface area contributed by atoms with Crippen LogP contribution >= 0.6 is 0 Å². The van der Waals surface area contributed by atoms with E-state index in [4.69, 9.17) is 5.73 Å². The molecule has 0 aliphatic heterocycles. The van der Waals surface area contributed by atoms with E-state index >= 15 is 0 Å². The zero-order valence-corrected chi connectivity index (χ0v) is 13.6. The van der Waals surface area contributed by atoms with E-state index in [1.165, 1.54) is 0 Å². The summed E-state index contributed by atoms with van der Waals surface area (Å²) in [6.45, 7) is 1.14. The van der Waals surface area contributed by atoms with E-state index in [1.54, 1.807) is 30.5 Å². The third-order valence-electron chi connectivity index (χ3n) is 3.81. The first-order valence-corrected chi connectivity index (χ1v) is 7.85. The number of hydrogen-bond acceptors (Lipinski definition) is 3. The second-order valence-electron chi connectivity index (χ2n) is 5.64. The first kappa shape index (κ1) is 16.4. The lowest BCUT2D eigenvalue weighted by Gasteiger charge is -2.07. The van der Waals surface area contributed by atoms with E-state index < -0.39 is 5.91 Å². The number of hydrogen-bond donors (Lipinski definition) is 2. The van der Waals surface area contributed by atoms with Crippen LogP contribution in [0.1, 0.15) is 31.8 Å². The van der Waals surface area contributed by atoms with Crippen molar-refractivity contribution in [2.24, 2.45) is 5.73 Å². The van der Waals surface area contributed by atoms with Gasteiger partial charge in [0.15, 0.2) is 0 Å². The lowest BCUT2D eigenvalue weighted by atomic mass is 10.1. The number of carbonyl (C=O) groups is 2. The second-order valence-corrected chi connectivity index (χ2v) is 5.64. The number of benzene rings is 2. The van der Waals surface area contributed by atoms with Gasteiger partial charge in [0.2, 0.25) is 5.91 Å². The molecule has 3 rings (SSSR count). The third-order valence-corrected chi connectivity index (χ3v) is 3.81. The Morgan fingerprint density at radius 1 is 0.960 bits per heavy atom. The third kappa shape index (κ3) is 4.32. The molecule has 0 unspecified atom stereocenters. The van der Waals surface area contributed by atoms with Crippen molar-refractivity contribution in [2.75, 3.05) is 0 Å². The summed E-state index contributed by atoms with van der Waals surface area (Å²) in [6, 6.07) is 16.1. The van der Waals surface area contributed by atoms with E-state index in [9.17, 15) is 9.59 Å². The summed E-state index contributed by atoms with van der Waals surface area (Å²) in [5.41, 5.74) is 8.20. The molecular weight excluding hydrogens is 316 g/mol. The van der Waals surface area contributed by atoms with Crippen molar-refractivity contribution in [3.8, 4) is 0 Å². The minimum atomic E-state index is -0.512. The second kappa shape index (κ2) is 7.44. The molecular formula is C19H18N4O2. The molecule has 0 radical (unpaired) electrons. The predicted octanol–water partition coefficient (Wildman–Crippen LogP) is 1.96. The van der Waals surface area contributed by atoms with Crippen LogP contribution in [0, 0.1) is 0 Å². The van der Waals surface area contributed by atoms with Gasteiger partial charge in [0.05, 0.1) is 6.54 Å². The number of nitrogens with two attached hydrogens (primary N) is 1. The van der Waals surface area contributed by atoms with Gasteiger partial charge < -0.3 is 11.1 Å². The number of nitrogens with zero attached hydrogens (tertiary/aromatic N) is 2. The first-order valence-electron chi connectivity index (χ1n) is 7.85. The first-order chi connectivity index (χ1) is 12.1. The van der Waals surface area contributed by atoms with Crippen LogP contribution in [0.15, 0.2) is 67.0 Å². The fourth-order valence-electron chi connectivity index (χ4n) is 2.41. The Balaban J connectivity index is 1.55. The molecule has 3 N–H and O–H groups in total.